The summed E-state index contributed by atoms with van der Waals surface area (Å²) >= 11 is 0. The van der Waals surface area contributed by atoms with Gasteiger partial charge in [0.25, 0.3) is 0 Å². The summed E-state index contributed by atoms with van der Waals surface area (Å²) in [4.78, 5) is 13.2. The fraction of sp³-hybridized carbons (Fsp3) is 0.409. The summed E-state index contributed by atoms with van der Waals surface area (Å²) in [5, 5.41) is 24.6. The van der Waals surface area contributed by atoms with Gasteiger partial charge in [0.05, 0.1) is 6.33 Å². The molecule has 8 nitrogen and oxygen atoms in total. The van der Waals surface area contributed by atoms with Crippen LogP contribution in [0.2, 0.25) is 0 Å². The second-order valence-corrected chi connectivity index (χ2v) is 7.91. The van der Waals surface area contributed by atoms with Crippen molar-refractivity contribution in [1.82, 2.24) is 19.5 Å². The van der Waals surface area contributed by atoms with Crippen LogP contribution >= 0.6 is 0 Å². The quantitative estimate of drug-likeness (QED) is 0.597. The van der Waals surface area contributed by atoms with Gasteiger partial charge in [0.15, 0.2) is 23.2 Å². The number of fused-ring (bicyclic) bond motifs is 1. The minimum Gasteiger partial charge on any atom is -0.387 e. The highest BCUT2D eigenvalue weighted by Crippen LogP contribution is 2.33. The van der Waals surface area contributed by atoms with Crippen molar-refractivity contribution in [3.8, 4) is 0 Å². The van der Waals surface area contributed by atoms with Crippen molar-refractivity contribution in [1.29, 1.82) is 0 Å². The van der Waals surface area contributed by atoms with Crippen LogP contribution < -0.4 is 5.32 Å². The Morgan fingerprint density at radius 3 is 2.63 bits per heavy atom. The lowest BCUT2D eigenvalue weighted by Crippen LogP contribution is -2.30. The zero-order chi connectivity index (χ0) is 20.5. The number of aliphatic hydroxyl groups excluding tert-OH is 2. The van der Waals surface area contributed by atoms with Gasteiger partial charge >= 0.3 is 0 Å². The molecule has 0 spiro atoms. The number of aromatic nitrogens is 4. The maximum Gasteiger partial charge on any atom is 0.167 e. The first kappa shape index (κ1) is 19.2. The normalized spacial score (nSPS) is 27.4. The maximum absolute atomic E-state index is 10.6. The summed E-state index contributed by atoms with van der Waals surface area (Å²) in [6.07, 6.45) is 7.83. The van der Waals surface area contributed by atoms with Crippen LogP contribution in [0.1, 0.15) is 37.5 Å². The molecule has 1 aliphatic carbocycles. The van der Waals surface area contributed by atoms with Crippen LogP contribution in [0.25, 0.3) is 17.2 Å². The zero-order valence-electron chi connectivity index (χ0n) is 16.5. The molecule has 3 N–H and O–H groups in total. The minimum absolute atomic E-state index is 0.399. The Bertz CT molecular complexity index is 1030. The minimum atomic E-state index is -1.10. The number of aliphatic hydroxyl groups is 2. The van der Waals surface area contributed by atoms with Gasteiger partial charge in [-0.05, 0) is 18.4 Å². The monoisotopic (exact) mass is 407 g/mol. The van der Waals surface area contributed by atoms with Gasteiger partial charge in [-0.2, -0.15) is 0 Å². The lowest BCUT2D eigenvalue weighted by molar-refractivity contribution is -0.0243. The van der Waals surface area contributed by atoms with Crippen LogP contribution in [0.15, 0.2) is 49.1 Å². The molecular weight excluding hydrogens is 382 g/mol. The van der Waals surface area contributed by atoms with Crippen LogP contribution in [0, 0.1) is 0 Å². The Labute approximate surface area is 174 Å². The first-order chi connectivity index (χ1) is 14.7. The number of nitrogens with zero attached hydrogens (tertiary/aromatic N) is 4. The molecule has 8 heteroatoms. The molecule has 4 atom stereocenters. The van der Waals surface area contributed by atoms with E-state index in [2.05, 4.69) is 20.3 Å². The molecule has 156 valence electrons. The molecule has 0 bridgehead atoms. The smallest absolute Gasteiger partial charge is 0.167 e. The number of imidazole rings is 1. The maximum atomic E-state index is 10.6. The fourth-order valence-electron chi connectivity index (χ4n) is 4.25. The molecule has 1 saturated heterocycles. The lowest BCUT2D eigenvalue weighted by atomic mass is 10.1. The molecule has 0 radical (unpaired) electrons. The number of benzene rings is 1. The predicted molar refractivity (Wildman–Crippen MR) is 113 cm³/mol. The van der Waals surface area contributed by atoms with E-state index in [0.717, 1.165) is 18.4 Å². The first-order valence-corrected chi connectivity index (χ1v) is 10.4. The average molecular weight is 407 g/mol. The van der Waals surface area contributed by atoms with Crippen molar-refractivity contribution in [2.75, 3.05) is 5.32 Å². The highest BCUT2D eigenvalue weighted by Gasteiger charge is 2.43. The van der Waals surface area contributed by atoms with Crippen LogP contribution in [-0.4, -0.2) is 54.1 Å². The van der Waals surface area contributed by atoms with Gasteiger partial charge in [-0.3, -0.25) is 4.57 Å². The second-order valence-electron chi connectivity index (χ2n) is 7.91. The molecule has 5 rings (SSSR count). The zero-order valence-corrected chi connectivity index (χ0v) is 16.5. The Kier molecular flexibility index (Phi) is 5.20. The van der Waals surface area contributed by atoms with Crippen LogP contribution in [-0.2, 0) is 4.74 Å². The molecule has 1 aromatic carbocycles. The fourth-order valence-corrected chi connectivity index (χ4v) is 4.25. The summed E-state index contributed by atoms with van der Waals surface area (Å²) in [6, 6.07) is 10.2. The standard InChI is InChI=1S/C22H25N5O3/c28-18-16(11-10-14-6-2-1-3-7-14)30-22(19(18)29)27-13-25-17-20(23-12-24-21(17)27)26-15-8-4-5-9-15/h1-3,6-7,10-13,15-16,18-19,22,28-29H,4-5,8-9H2,(H,23,24,26)/t16?,18-,19-,22-/m1/s1. The third kappa shape index (κ3) is 3.58. The molecule has 2 aliphatic rings. The van der Waals surface area contributed by atoms with Crippen molar-refractivity contribution in [2.24, 2.45) is 0 Å². The Hall–Kier alpha value is -2.81. The Morgan fingerprint density at radius 1 is 1.03 bits per heavy atom. The average Bonchev–Trinajstić information content (AvgIpc) is 3.49. The van der Waals surface area contributed by atoms with Gasteiger partial charge in [-0.25, -0.2) is 15.0 Å². The van der Waals surface area contributed by atoms with Crippen molar-refractivity contribution in [3.05, 3.63) is 54.6 Å². The van der Waals surface area contributed by atoms with Gasteiger partial charge in [-0.1, -0.05) is 55.3 Å². The van der Waals surface area contributed by atoms with Crippen LogP contribution in [0.5, 0.6) is 0 Å². The van der Waals surface area contributed by atoms with E-state index in [1.54, 1.807) is 17.0 Å². The lowest BCUT2D eigenvalue weighted by Gasteiger charge is -2.17. The van der Waals surface area contributed by atoms with Crippen molar-refractivity contribution in [2.45, 2.75) is 56.3 Å². The van der Waals surface area contributed by atoms with E-state index < -0.39 is 24.5 Å². The van der Waals surface area contributed by atoms with E-state index >= 15 is 0 Å². The van der Waals surface area contributed by atoms with E-state index in [9.17, 15) is 10.2 Å². The van der Waals surface area contributed by atoms with E-state index in [0.29, 0.717) is 23.0 Å². The highest BCUT2D eigenvalue weighted by molar-refractivity contribution is 5.82. The molecule has 0 amide bonds. The second kappa shape index (κ2) is 8.14. The number of anilines is 1. The van der Waals surface area contributed by atoms with E-state index in [1.807, 2.05) is 36.4 Å². The third-order valence-corrected chi connectivity index (χ3v) is 5.88. The van der Waals surface area contributed by atoms with Gasteiger partial charge in [-0.15, -0.1) is 0 Å². The molecular formula is C22H25N5O3. The predicted octanol–water partition coefficient (Wildman–Crippen LogP) is 2.51. The molecule has 2 fully saturated rings. The molecule has 1 aliphatic heterocycles. The topological polar surface area (TPSA) is 105 Å². The van der Waals surface area contributed by atoms with E-state index in [-0.39, 0.29) is 0 Å². The molecule has 30 heavy (non-hydrogen) atoms. The van der Waals surface area contributed by atoms with Crippen LogP contribution in [0.3, 0.4) is 0 Å². The van der Waals surface area contributed by atoms with Crippen molar-refractivity contribution < 1.29 is 14.9 Å². The molecule has 3 aromatic rings. The third-order valence-electron chi connectivity index (χ3n) is 5.88. The number of ether oxygens (including phenoxy) is 1. The Morgan fingerprint density at radius 2 is 1.83 bits per heavy atom. The van der Waals surface area contributed by atoms with Gasteiger partial charge in [0.2, 0.25) is 0 Å². The summed E-state index contributed by atoms with van der Waals surface area (Å²) in [7, 11) is 0. The van der Waals surface area contributed by atoms with E-state index in [4.69, 9.17) is 4.74 Å². The summed E-state index contributed by atoms with van der Waals surface area (Å²) in [6.45, 7) is 0. The summed E-state index contributed by atoms with van der Waals surface area (Å²) < 4.78 is 7.66. The molecule has 1 saturated carbocycles. The summed E-state index contributed by atoms with van der Waals surface area (Å²) in [5.41, 5.74) is 2.20. The first-order valence-electron chi connectivity index (χ1n) is 10.4. The SMILES string of the molecule is O[C@@H]1[C@H](O)C(C=Cc2ccccc2)O[C@H]1n1cnc2c(NC3CCCC3)ncnc21. The Balaban J connectivity index is 1.39. The molecule has 2 aromatic heterocycles. The van der Waals surface area contributed by atoms with Gasteiger partial charge < -0.3 is 20.3 Å². The van der Waals surface area contributed by atoms with Gasteiger partial charge in [0, 0.05) is 6.04 Å². The molecule has 3 heterocycles. The number of hydrogen-bond acceptors (Lipinski definition) is 7. The van der Waals surface area contributed by atoms with Crippen molar-refractivity contribution in [3.63, 3.8) is 0 Å². The molecule has 1 unspecified atom stereocenters. The number of rotatable bonds is 5. The largest absolute Gasteiger partial charge is 0.387 e. The number of hydrogen-bond donors (Lipinski definition) is 3. The van der Waals surface area contributed by atoms with E-state index in [1.165, 1.54) is 19.2 Å². The number of nitrogens with one attached hydrogen (secondary N) is 1. The van der Waals surface area contributed by atoms with Crippen LogP contribution in [0.4, 0.5) is 5.82 Å². The van der Waals surface area contributed by atoms with Crippen molar-refractivity contribution >= 4 is 23.1 Å². The van der Waals surface area contributed by atoms with Gasteiger partial charge in [0.1, 0.15) is 24.6 Å². The summed E-state index contributed by atoms with van der Waals surface area (Å²) in [5.74, 6) is 0.694. The highest BCUT2D eigenvalue weighted by atomic mass is 16.6.